The molecule has 26 heavy (non-hydrogen) atoms. The molecule has 1 aromatic rings. The van der Waals surface area contributed by atoms with Gasteiger partial charge in [-0.05, 0) is 36.7 Å². The first-order valence-corrected chi connectivity index (χ1v) is 9.72. The average Bonchev–Trinajstić information content (AvgIpc) is 3.23. The number of carbonyl (C=O) groups excluding carboxylic acids is 2. The minimum Gasteiger partial charge on any atom is -0.378 e. The summed E-state index contributed by atoms with van der Waals surface area (Å²) in [6.07, 6.45) is 6.85. The zero-order valence-corrected chi connectivity index (χ0v) is 15.5. The normalized spacial score (nSPS) is 24.7. The van der Waals surface area contributed by atoms with E-state index in [1.165, 1.54) is 19.3 Å². The molecule has 4 rings (SSSR count). The van der Waals surface area contributed by atoms with Crippen molar-refractivity contribution in [2.75, 3.05) is 39.4 Å². The van der Waals surface area contributed by atoms with Crippen LogP contribution >= 0.6 is 0 Å². The van der Waals surface area contributed by atoms with Gasteiger partial charge in [-0.1, -0.05) is 6.42 Å². The maximum atomic E-state index is 12.8. The van der Waals surface area contributed by atoms with Crippen molar-refractivity contribution < 1.29 is 14.3 Å². The molecule has 3 aliphatic rings. The quantitative estimate of drug-likeness (QED) is 0.812. The first-order chi connectivity index (χ1) is 12.6. The van der Waals surface area contributed by atoms with Crippen molar-refractivity contribution in [1.82, 2.24) is 19.6 Å². The summed E-state index contributed by atoms with van der Waals surface area (Å²) in [6.45, 7) is 4.28. The number of amides is 2. The molecule has 3 fully saturated rings. The minimum atomic E-state index is 0.0267. The number of nitrogens with zero attached hydrogens (tertiary/aromatic N) is 4. The van der Waals surface area contributed by atoms with Crippen LogP contribution in [0.4, 0.5) is 0 Å². The molecule has 1 saturated carbocycles. The number of carbonyl (C=O) groups is 2. The van der Waals surface area contributed by atoms with Crippen molar-refractivity contribution in [2.45, 2.75) is 32.1 Å². The molecule has 1 unspecified atom stereocenters. The van der Waals surface area contributed by atoms with Crippen molar-refractivity contribution >= 4 is 11.8 Å². The molecule has 0 N–H and O–H groups in total. The lowest BCUT2D eigenvalue weighted by Gasteiger charge is -2.43. The van der Waals surface area contributed by atoms with Crippen LogP contribution in [0.5, 0.6) is 0 Å². The predicted molar refractivity (Wildman–Crippen MR) is 95.5 cm³/mol. The Morgan fingerprint density at radius 3 is 2.65 bits per heavy atom. The van der Waals surface area contributed by atoms with E-state index in [4.69, 9.17) is 4.74 Å². The highest BCUT2D eigenvalue weighted by Gasteiger charge is 2.51. The van der Waals surface area contributed by atoms with Crippen LogP contribution in [0, 0.1) is 11.3 Å². The van der Waals surface area contributed by atoms with Crippen LogP contribution in [0.2, 0.25) is 0 Å². The molecule has 1 aliphatic carbocycles. The standard InChI is InChI=1S/C19H28N4O3/c1-21-8-5-16(20-21)18(25)23-13-15(19(14-23)6-2-7-19)3-4-17(24)22-9-11-26-12-10-22/h5,8,15H,2-4,6-7,9-14H2,1H3. The summed E-state index contributed by atoms with van der Waals surface area (Å²) in [7, 11) is 1.83. The molecule has 7 nitrogen and oxygen atoms in total. The summed E-state index contributed by atoms with van der Waals surface area (Å²) in [5.74, 6) is 0.685. The van der Waals surface area contributed by atoms with Gasteiger partial charge in [-0.25, -0.2) is 0 Å². The van der Waals surface area contributed by atoms with Crippen LogP contribution in [0.25, 0.3) is 0 Å². The van der Waals surface area contributed by atoms with Crippen LogP contribution < -0.4 is 0 Å². The molecular formula is C19H28N4O3. The topological polar surface area (TPSA) is 67.7 Å². The molecule has 2 amide bonds. The van der Waals surface area contributed by atoms with Gasteiger partial charge in [0, 0.05) is 45.8 Å². The van der Waals surface area contributed by atoms with Crippen molar-refractivity contribution in [3.05, 3.63) is 18.0 Å². The van der Waals surface area contributed by atoms with Crippen molar-refractivity contribution in [3.8, 4) is 0 Å². The third-order valence-corrected chi connectivity index (χ3v) is 6.45. The molecule has 3 heterocycles. The number of likely N-dealkylation sites (tertiary alicyclic amines) is 1. The number of aryl methyl sites for hydroxylation is 1. The Hall–Kier alpha value is -1.89. The third-order valence-electron chi connectivity index (χ3n) is 6.45. The molecule has 1 aromatic heterocycles. The van der Waals surface area contributed by atoms with E-state index in [2.05, 4.69) is 5.10 Å². The number of rotatable bonds is 4. The summed E-state index contributed by atoms with van der Waals surface area (Å²) in [5, 5.41) is 4.26. The van der Waals surface area contributed by atoms with E-state index in [9.17, 15) is 9.59 Å². The molecule has 1 spiro atoms. The largest absolute Gasteiger partial charge is 0.378 e. The number of aromatic nitrogens is 2. The molecule has 1 atom stereocenters. The van der Waals surface area contributed by atoms with Gasteiger partial charge in [-0.2, -0.15) is 5.10 Å². The lowest BCUT2D eigenvalue weighted by molar-refractivity contribution is -0.135. The van der Waals surface area contributed by atoms with Crippen molar-refractivity contribution in [1.29, 1.82) is 0 Å². The van der Waals surface area contributed by atoms with Crippen LogP contribution in [0.3, 0.4) is 0 Å². The van der Waals surface area contributed by atoms with Gasteiger partial charge in [0.15, 0.2) is 0 Å². The second kappa shape index (κ2) is 7.02. The maximum absolute atomic E-state index is 12.8. The molecule has 7 heteroatoms. The monoisotopic (exact) mass is 360 g/mol. The van der Waals surface area contributed by atoms with E-state index in [0.29, 0.717) is 44.3 Å². The third kappa shape index (κ3) is 3.24. The molecule has 2 aliphatic heterocycles. The zero-order valence-electron chi connectivity index (χ0n) is 15.5. The van der Waals surface area contributed by atoms with E-state index >= 15 is 0 Å². The van der Waals surface area contributed by atoms with Crippen LogP contribution in [0.15, 0.2) is 12.3 Å². The maximum Gasteiger partial charge on any atom is 0.274 e. The summed E-state index contributed by atoms with van der Waals surface area (Å²) >= 11 is 0. The fourth-order valence-corrected chi connectivity index (χ4v) is 4.74. The summed E-state index contributed by atoms with van der Waals surface area (Å²) < 4.78 is 6.99. The average molecular weight is 360 g/mol. The molecule has 0 bridgehead atoms. The highest BCUT2D eigenvalue weighted by Crippen LogP contribution is 2.53. The zero-order chi connectivity index (χ0) is 18.1. The van der Waals surface area contributed by atoms with Crippen molar-refractivity contribution in [2.24, 2.45) is 18.4 Å². The molecule has 0 radical (unpaired) electrons. The Morgan fingerprint density at radius 1 is 1.27 bits per heavy atom. The predicted octanol–water partition coefficient (Wildman–Crippen LogP) is 1.30. The van der Waals surface area contributed by atoms with Gasteiger partial charge in [0.25, 0.3) is 5.91 Å². The van der Waals surface area contributed by atoms with Gasteiger partial charge in [0.05, 0.1) is 13.2 Å². The Kier molecular flexibility index (Phi) is 4.73. The molecule has 0 aromatic carbocycles. The number of hydrogen-bond donors (Lipinski definition) is 0. The number of hydrogen-bond acceptors (Lipinski definition) is 4. The fourth-order valence-electron chi connectivity index (χ4n) is 4.74. The second-order valence-corrected chi connectivity index (χ2v) is 8.01. The lowest BCUT2D eigenvalue weighted by Crippen LogP contribution is -2.42. The number of morpholine rings is 1. The highest BCUT2D eigenvalue weighted by atomic mass is 16.5. The van der Waals surface area contributed by atoms with Gasteiger partial charge in [0.1, 0.15) is 5.69 Å². The van der Waals surface area contributed by atoms with Gasteiger partial charge in [0.2, 0.25) is 5.91 Å². The van der Waals surface area contributed by atoms with Gasteiger partial charge >= 0.3 is 0 Å². The van der Waals surface area contributed by atoms with E-state index in [1.54, 1.807) is 16.9 Å². The fraction of sp³-hybridized carbons (Fsp3) is 0.737. The van der Waals surface area contributed by atoms with E-state index in [0.717, 1.165) is 19.5 Å². The van der Waals surface area contributed by atoms with E-state index in [-0.39, 0.29) is 17.2 Å². The van der Waals surface area contributed by atoms with Gasteiger partial charge in [-0.3, -0.25) is 14.3 Å². The number of ether oxygens (including phenoxy) is 1. The van der Waals surface area contributed by atoms with Crippen LogP contribution in [-0.2, 0) is 16.6 Å². The van der Waals surface area contributed by atoms with E-state index in [1.807, 2.05) is 16.8 Å². The SMILES string of the molecule is Cn1ccc(C(=O)N2CC(CCC(=O)N3CCOCC3)C3(CCC3)C2)n1. The smallest absolute Gasteiger partial charge is 0.274 e. The molecule has 2 saturated heterocycles. The summed E-state index contributed by atoms with van der Waals surface area (Å²) in [4.78, 5) is 29.2. The minimum absolute atomic E-state index is 0.0267. The summed E-state index contributed by atoms with van der Waals surface area (Å²) in [5.41, 5.74) is 0.752. The second-order valence-electron chi connectivity index (χ2n) is 8.01. The molecule has 142 valence electrons. The first kappa shape index (κ1) is 17.5. The van der Waals surface area contributed by atoms with Gasteiger partial charge in [-0.15, -0.1) is 0 Å². The lowest BCUT2D eigenvalue weighted by atomic mass is 9.62. The van der Waals surface area contributed by atoms with Crippen LogP contribution in [-0.4, -0.2) is 70.8 Å². The van der Waals surface area contributed by atoms with Crippen molar-refractivity contribution in [3.63, 3.8) is 0 Å². The summed E-state index contributed by atoms with van der Waals surface area (Å²) in [6, 6.07) is 1.78. The Balaban J connectivity index is 1.37. The highest BCUT2D eigenvalue weighted by molar-refractivity contribution is 5.92. The first-order valence-electron chi connectivity index (χ1n) is 9.72. The Labute approximate surface area is 154 Å². The van der Waals surface area contributed by atoms with Crippen LogP contribution in [0.1, 0.15) is 42.6 Å². The van der Waals surface area contributed by atoms with Gasteiger partial charge < -0.3 is 14.5 Å². The molecular weight excluding hydrogens is 332 g/mol. The Morgan fingerprint density at radius 2 is 2.04 bits per heavy atom. The van der Waals surface area contributed by atoms with E-state index < -0.39 is 0 Å². The Bertz CT molecular complexity index is 676.